The quantitative estimate of drug-likeness (QED) is 0.508. The van der Waals surface area contributed by atoms with E-state index in [0.29, 0.717) is 0 Å². The highest BCUT2D eigenvalue weighted by molar-refractivity contribution is 6.07. The van der Waals surface area contributed by atoms with Gasteiger partial charge in [-0.1, -0.05) is 17.9 Å². The maximum atomic E-state index is 12.0. The van der Waals surface area contributed by atoms with Crippen LogP contribution in [0.4, 0.5) is 11.4 Å². The Morgan fingerprint density at radius 1 is 1.24 bits per heavy atom. The first-order valence-corrected chi connectivity index (χ1v) is 5.95. The number of non-ortho nitro benzene ring substituents is 1. The molecule has 0 aliphatic heterocycles. The Balaban J connectivity index is 2.34. The second-order valence-electron chi connectivity index (χ2n) is 4.41. The number of aromatic hydroxyl groups is 1. The minimum absolute atomic E-state index is 0.130. The van der Waals surface area contributed by atoms with Gasteiger partial charge in [0.2, 0.25) is 0 Å². The Hall–Kier alpha value is -3.09. The van der Waals surface area contributed by atoms with Crippen LogP contribution in [0, 0.1) is 17.0 Å². The third-order valence-electron chi connectivity index (χ3n) is 2.82. The molecule has 0 aliphatic rings. The van der Waals surface area contributed by atoms with E-state index < -0.39 is 16.6 Å². The zero-order valence-electron chi connectivity index (χ0n) is 11.0. The second kappa shape index (κ2) is 5.49. The van der Waals surface area contributed by atoms with Gasteiger partial charge in [0.25, 0.3) is 11.6 Å². The van der Waals surface area contributed by atoms with E-state index in [9.17, 15) is 25.1 Å². The minimum Gasteiger partial charge on any atom is -0.872 e. The largest absolute Gasteiger partial charge is 0.872 e. The van der Waals surface area contributed by atoms with E-state index in [1.807, 2.05) is 0 Å². The Morgan fingerprint density at radius 3 is 2.62 bits per heavy atom. The number of nitro benzene ring substituents is 1. The number of carbonyl (C=O) groups is 1. The first kappa shape index (κ1) is 14.3. The summed E-state index contributed by atoms with van der Waals surface area (Å²) in [6.07, 6.45) is 0. The molecule has 1 amide bonds. The van der Waals surface area contributed by atoms with Gasteiger partial charge in [0, 0.05) is 17.7 Å². The van der Waals surface area contributed by atoms with Gasteiger partial charge in [-0.2, -0.15) is 0 Å². The van der Waals surface area contributed by atoms with Gasteiger partial charge in [-0.3, -0.25) is 14.9 Å². The van der Waals surface area contributed by atoms with Crippen LogP contribution in [0.1, 0.15) is 15.9 Å². The van der Waals surface area contributed by atoms with Crippen LogP contribution in [-0.2, 0) is 0 Å². The molecule has 7 nitrogen and oxygen atoms in total. The highest BCUT2D eigenvalue weighted by Gasteiger charge is 2.14. The van der Waals surface area contributed by atoms with E-state index in [1.165, 1.54) is 12.1 Å². The molecule has 108 valence electrons. The summed E-state index contributed by atoms with van der Waals surface area (Å²) in [7, 11) is 0. The zero-order valence-corrected chi connectivity index (χ0v) is 11.0. The van der Waals surface area contributed by atoms with Gasteiger partial charge in [-0.25, -0.2) is 0 Å². The number of hydrogen-bond donors (Lipinski definition) is 2. The molecule has 2 rings (SSSR count). The molecule has 0 spiro atoms. The van der Waals surface area contributed by atoms with Crippen molar-refractivity contribution in [2.45, 2.75) is 6.92 Å². The van der Waals surface area contributed by atoms with Crippen LogP contribution in [0.2, 0.25) is 0 Å². The first-order valence-electron chi connectivity index (χ1n) is 5.95. The summed E-state index contributed by atoms with van der Waals surface area (Å²) in [5.74, 6) is -1.61. The second-order valence-corrected chi connectivity index (χ2v) is 4.41. The van der Waals surface area contributed by atoms with E-state index in [0.717, 1.165) is 23.8 Å². The molecule has 2 aromatic carbocycles. The van der Waals surface area contributed by atoms with Crippen molar-refractivity contribution in [2.75, 3.05) is 5.32 Å². The number of benzene rings is 2. The SMILES string of the molecule is Cc1ccc(O)c(NC(=O)c2cc([N+](=O)[O-])ccc2[O-])c1. The monoisotopic (exact) mass is 287 g/mol. The van der Waals surface area contributed by atoms with Gasteiger partial charge in [0.1, 0.15) is 5.75 Å². The summed E-state index contributed by atoms with van der Waals surface area (Å²) < 4.78 is 0. The molecular formula is C14H11N2O5-. The van der Waals surface area contributed by atoms with E-state index in [1.54, 1.807) is 13.0 Å². The van der Waals surface area contributed by atoms with Crippen LogP contribution in [0.3, 0.4) is 0 Å². The van der Waals surface area contributed by atoms with Crippen molar-refractivity contribution in [3.8, 4) is 11.5 Å². The number of aryl methyl sites for hydroxylation is 1. The number of phenolic OH excluding ortho intramolecular Hbond substituents is 1. The lowest BCUT2D eigenvalue weighted by atomic mass is 10.1. The molecule has 0 unspecified atom stereocenters. The van der Waals surface area contributed by atoms with Crippen LogP contribution in [-0.4, -0.2) is 15.9 Å². The van der Waals surface area contributed by atoms with E-state index in [2.05, 4.69) is 5.32 Å². The number of carbonyl (C=O) groups excluding carboxylic acids is 1. The lowest BCUT2D eigenvalue weighted by Crippen LogP contribution is -2.15. The normalized spacial score (nSPS) is 10.1. The maximum Gasteiger partial charge on any atom is 0.270 e. The molecule has 0 bridgehead atoms. The average molecular weight is 287 g/mol. The molecule has 21 heavy (non-hydrogen) atoms. The highest BCUT2D eigenvalue weighted by atomic mass is 16.6. The Bertz CT molecular complexity index is 727. The number of amides is 1. The molecule has 0 atom stereocenters. The van der Waals surface area contributed by atoms with Gasteiger partial charge in [0.05, 0.1) is 10.6 Å². The van der Waals surface area contributed by atoms with Gasteiger partial charge in [0.15, 0.2) is 0 Å². The molecule has 2 N–H and O–H groups in total. The maximum absolute atomic E-state index is 12.0. The number of rotatable bonds is 3. The number of nitrogens with one attached hydrogen (secondary N) is 1. The molecule has 7 heteroatoms. The van der Waals surface area contributed by atoms with Crippen molar-refractivity contribution in [3.05, 3.63) is 57.6 Å². The summed E-state index contributed by atoms with van der Waals surface area (Å²) in [5, 5.41) is 34.3. The fourth-order valence-electron chi connectivity index (χ4n) is 1.75. The van der Waals surface area contributed by atoms with Gasteiger partial charge < -0.3 is 15.5 Å². The Morgan fingerprint density at radius 2 is 1.95 bits per heavy atom. The third kappa shape index (κ3) is 3.08. The molecule has 0 aliphatic carbocycles. The molecule has 0 aromatic heterocycles. The smallest absolute Gasteiger partial charge is 0.270 e. The summed E-state index contributed by atoms with van der Waals surface area (Å²) >= 11 is 0. The van der Waals surface area contributed by atoms with E-state index in [4.69, 9.17) is 0 Å². The number of hydrogen-bond acceptors (Lipinski definition) is 5. The van der Waals surface area contributed by atoms with Gasteiger partial charge >= 0.3 is 0 Å². The number of phenols is 1. The molecule has 0 fully saturated rings. The summed E-state index contributed by atoms with van der Waals surface area (Å²) in [4.78, 5) is 22.0. The van der Waals surface area contributed by atoms with Crippen molar-refractivity contribution in [1.29, 1.82) is 0 Å². The third-order valence-corrected chi connectivity index (χ3v) is 2.82. The minimum atomic E-state index is -0.815. The lowest BCUT2D eigenvalue weighted by molar-refractivity contribution is -0.385. The zero-order chi connectivity index (χ0) is 15.6. The fraction of sp³-hybridized carbons (Fsp3) is 0.0714. The predicted octanol–water partition coefficient (Wildman–Crippen LogP) is 1.93. The number of nitrogens with zero attached hydrogens (tertiary/aromatic N) is 1. The first-order chi connectivity index (χ1) is 9.88. The summed E-state index contributed by atoms with van der Waals surface area (Å²) in [6, 6.07) is 7.47. The van der Waals surface area contributed by atoms with Crippen LogP contribution >= 0.6 is 0 Å². The molecule has 0 heterocycles. The number of nitro groups is 1. The van der Waals surface area contributed by atoms with Crippen LogP contribution in [0.25, 0.3) is 0 Å². The van der Waals surface area contributed by atoms with Gasteiger partial charge in [-0.05, 0) is 24.6 Å². The van der Waals surface area contributed by atoms with E-state index in [-0.39, 0.29) is 22.7 Å². The van der Waals surface area contributed by atoms with E-state index >= 15 is 0 Å². The van der Waals surface area contributed by atoms with Crippen molar-refractivity contribution in [2.24, 2.45) is 0 Å². The standard InChI is InChI=1S/C14H12N2O5/c1-8-2-4-13(18)11(6-8)15-14(19)10-7-9(16(20)21)3-5-12(10)17/h2-7,17-18H,1H3,(H,15,19)/p-1. The Labute approximate surface area is 119 Å². The van der Waals surface area contributed by atoms with Gasteiger partial charge in [-0.15, -0.1) is 0 Å². The van der Waals surface area contributed by atoms with Crippen molar-refractivity contribution < 1.29 is 19.9 Å². The van der Waals surface area contributed by atoms with Crippen LogP contribution < -0.4 is 10.4 Å². The molecule has 0 saturated heterocycles. The molecule has 2 aromatic rings. The number of anilines is 1. The fourth-order valence-corrected chi connectivity index (χ4v) is 1.75. The average Bonchev–Trinajstić information content (AvgIpc) is 2.43. The van der Waals surface area contributed by atoms with Crippen molar-refractivity contribution >= 4 is 17.3 Å². The van der Waals surface area contributed by atoms with Crippen LogP contribution in [0.5, 0.6) is 11.5 Å². The summed E-state index contributed by atoms with van der Waals surface area (Å²) in [6.45, 7) is 1.77. The summed E-state index contributed by atoms with van der Waals surface area (Å²) in [5.41, 5.74) is 0.216. The van der Waals surface area contributed by atoms with Crippen molar-refractivity contribution in [1.82, 2.24) is 0 Å². The Kier molecular flexibility index (Phi) is 3.75. The predicted molar refractivity (Wildman–Crippen MR) is 73.3 cm³/mol. The molecular weight excluding hydrogens is 276 g/mol. The van der Waals surface area contributed by atoms with Crippen LogP contribution in [0.15, 0.2) is 36.4 Å². The molecule has 0 saturated carbocycles. The highest BCUT2D eigenvalue weighted by Crippen LogP contribution is 2.26. The van der Waals surface area contributed by atoms with Crippen molar-refractivity contribution in [3.63, 3.8) is 0 Å². The molecule has 0 radical (unpaired) electrons. The lowest BCUT2D eigenvalue weighted by Gasteiger charge is -2.13. The topological polar surface area (TPSA) is 116 Å².